The van der Waals surface area contributed by atoms with Crippen LogP contribution in [0, 0.1) is 0 Å². The van der Waals surface area contributed by atoms with Crippen LogP contribution in [-0.2, 0) is 11.8 Å². The maximum atomic E-state index is 13.5. The van der Waals surface area contributed by atoms with Crippen molar-refractivity contribution in [3.05, 3.63) is 60.3 Å². The highest BCUT2D eigenvalue weighted by Crippen LogP contribution is 2.28. The lowest BCUT2D eigenvalue weighted by molar-refractivity contribution is -0.125. The van der Waals surface area contributed by atoms with Gasteiger partial charge in [0, 0.05) is 24.9 Å². The molecule has 1 saturated heterocycles. The van der Waals surface area contributed by atoms with Crippen molar-refractivity contribution < 1.29 is 14.3 Å². The van der Waals surface area contributed by atoms with E-state index >= 15 is 0 Å². The van der Waals surface area contributed by atoms with E-state index in [2.05, 4.69) is 10.4 Å². The van der Waals surface area contributed by atoms with Gasteiger partial charge < -0.3 is 15.0 Å². The van der Waals surface area contributed by atoms with Gasteiger partial charge in [-0.1, -0.05) is 36.4 Å². The Kier molecular flexibility index (Phi) is 4.65. The van der Waals surface area contributed by atoms with Gasteiger partial charge in [-0.2, -0.15) is 5.10 Å². The number of nitrogens with zero attached hydrogens (tertiary/aromatic N) is 3. The number of benzene rings is 2. The van der Waals surface area contributed by atoms with Gasteiger partial charge in [-0.05, 0) is 31.0 Å². The van der Waals surface area contributed by atoms with Gasteiger partial charge in [0.1, 0.15) is 17.9 Å². The molecule has 1 aliphatic carbocycles. The number of aromatic nitrogens is 2. The average Bonchev–Trinajstić information content (AvgIpc) is 3.37. The summed E-state index contributed by atoms with van der Waals surface area (Å²) in [5, 5.41) is 8.30. The number of para-hydroxylation sites is 2. The number of aryl methyl sites for hydroxylation is 1. The average molecular weight is 404 g/mol. The van der Waals surface area contributed by atoms with Gasteiger partial charge in [-0.3, -0.25) is 14.3 Å². The third-order valence-electron chi connectivity index (χ3n) is 5.76. The second-order valence-electron chi connectivity index (χ2n) is 8.03. The monoisotopic (exact) mass is 404 g/mol. The quantitative estimate of drug-likeness (QED) is 0.709. The number of likely N-dealkylation sites (tertiary alicyclic amines) is 1. The summed E-state index contributed by atoms with van der Waals surface area (Å²) in [4.78, 5) is 28.1. The number of hydrogen-bond donors (Lipinski definition) is 1. The third kappa shape index (κ3) is 3.51. The van der Waals surface area contributed by atoms with Gasteiger partial charge in [0.2, 0.25) is 5.91 Å². The number of nitrogens with one attached hydrogen (secondary N) is 1. The fraction of sp³-hybridized carbons (Fsp3) is 0.348. The molecule has 30 heavy (non-hydrogen) atoms. The first-order valence-corrected chi connectivity index (χ1v) is 10.3. The summed E-state index contributed by atoms with van der Waals surface area (Å²) < 4.78 is 7.79. The van der Waals surface area contributed by atoms with Crippen molar-refractivity contribution in [1.82, 2.24) is 20.0 Å². The van der Waals surface area contributed by atoms with Gasteiger partial charge in [-0.25, -0.2) is 0 Å². The van der Waals surface area contributed by atoms with Crippen LogP contribution in [0.2, 0.25) is 0 Å². The number of hydrogen-bond acceptors (Lipinski definition) is 4. The molecule has 1 aromatic heterocycles. The number of ether oxygens (including phenoxy) is 1. The molecule has 7 heteroatoms. The van der Waals surface area contributed by atoms with E-state index < -0.39 is 6.04 Å². The minimum atomic E-state index is -0.562. The molecule has 2 atom stereocenters. The maximum absolute atomic E-state index is 13.5. The third-order valence-corrected chi connectivity index (χ3v) is 5.76. The molecule has 2 aliphatic rings. The largest absolute Gasteiger partial charge is 0.488 e. The SMILES string of the molecule is Cn1nc(C(=O)N2C[C@@H](Oc3ccccc3)C[C@H]2C(=O)NC2CC2)c2ccccc21. The summed E-state index contributed by atoms with van der Waals surface area (Å²) in [6.45, 7) is 0.349. The first kappa shape index (κ1) is 18.7. The molecule has 0 unspecified atom stereocenters. The van der Waals surface area contributed by atoms with Crippen molar-refractivity contribution in [2.45, 2.75) is 37.5 Å². The molecule has 5 rings (SSSR count). The molecule has 2 aromatic carbocycles. The summed E-state index contributed by atoms with van der Waals surface area (Å²) in [5.41, 5.74) is 1.26. The van der Waals surface area contributed by atoms with Gasteiger partial charge in [0.25, 0.3) is 5.91 Å². The summed E-state index contributed by atoms with van der Waals surface area (Å²) >= 11 is 0. The Hall–Kier alpha value is -3.35. The molecule has 1 aliphatic heterocycles. The standard InChI is InChI=1S/C23H24N4O3/c1-26-19-10-6-5-9-18(19)21(25-26)23(29)27-14-17(30-16-7-3-2-4-8-16)13-20(27)22(28)24-15-11-12-15/h2-10,15,17,20H,11-14H2,1H3,(H,24,28)/t17-,20-/m0/s1. The van der Waals surface area contributed by atoms with Crippen LogP contribution in [0.3, 0.4) is 0 Å². The Morgan fingerprint density at radius 1 is 1.07 bits per heavy atom. The molecule has 0 bridgehead atoms. The zero-order valence-corrected chi connectivity index (χ0v) is 16.8. The van der Waals surface area contributed by atoms with Crippen LogP contribution in [-0.4, -0.2) is 51.2 Å². The second kappa shape index (κ2) is 7.48. The number of carbonyl (C=O) groups is 2. The molecule has 2 fully saturated rings. The zero-order chi connectivity index (χ0) is 20.7. The van der Waals surface area contributed by atoms with Gasteiger partial charge >= 0.3 is 0 Å². The van der Waals surface area contributed by atoms with Crippen LogP contribution in [0.1, 0.15) is 29.8 Å². The first-order chi connectivity index (χ1) is 14.6. The van der Waals surface area contributed by atoms with Crippen molar-refractivity contribution in [3.8, 4) is 5.75 Å². The van der Waals surface area contributed by atoms with Crippen LogP contribution < -0.4 is 10.1 Å². The molecule has 7 nitrogen and oxygen atoms in total. The number of amides is 2. The fourth-order valence-electron chi connectivity index (χ4n) is 4.08. The Labute approximate surface area is 174 Å². The predicted molar refractivity (Wildman–Crippen MR) is 112 cm³/mol. The lowest BCUT2D eigenvalue weighted by Crippen LogP contribution is -2.46. The minimum Gasteiger partial charge on any atom is -0.488 e. The zero-order valence-electron chi connectivity index (χ0n) is 16.8. The Morgan fingerprint density at radius 2 is 1.80 bits per heavy atom. The molecule has 3 aromatic rings. The van der Waals surface area contributed by atoms with E-state index in [0.29, 0.717) is 18.7 Å². The molecular weight excluding hydrogens is 380 g/mol. The van der Waals surface area contributed by atoms with Crippen LogP contribution in [0.5, 0.6) is 5.75 Å². The molecule has 2 heterocycles. The molecular formula is C23H24N4O3. The summed E-state index contributed by atoms with van der Waals surface area (Å²) in [6.07, 6.45) is 2.22. The van der Waals surface area contributed by atoms with Crippen molar-refractivity contribution in [3.63, 3.8) is 0 Å². The molecule has 2 amide bonds. The van der Waals surface area contributed by atoms with E-state index in [-0.39, 0.29) is 24.0 Å². The van der Waals surface area contributed by atoms with E-state index in [1.54, 1.807) is 9.58 Å². The predicted octanol–water partition coefficient (Wildman–Crippen LogP) is 2.51. The van der Waals surface area contributed by atoms with E-state index in [0.717, 1.165) is 29.5 Å². The van der Waals surface area contributed by atoms with Crippen LogP contribution in [0.15, 0.2) is 54.6 Å². The van der Waals surface area contributed by atoms with E-state index in [4.69, 9.17) is 4.74 Å². The van der Waals surface area contributed by atoms with Crippen molar-refractivity contribution in [2.24, 2.45) is 7.05 Å². The first-order valence-electron chi connectivity index (χ1n) is 10.3. The Morgan fingerprint density at radius 3 is 2.57 bits per heavy atom. The van der Waals surface area contributed by atoms with Crippen LogP contribution >= 0.6 is 0 Å². The highest BCUT2D eigenvalue weighted by molar-refractivity contribution is 6.06. The van der Waals surface area contributed by atoms with Crippen LogP contribution in [0.25, 0.3) is 10.9 Å². The lowest BCUT2D eigenvalue weighted by atomic mass is 10.1. The topological polar surface area (TPSA) is 76.5 Å². The smallest absolute Gasteiger partial charge is 0.275 e. The molecule has 0 radical (unpaired) electrons. The number of fused-ring (bicyclic) bond motifs is 1. The summed E-state index contributed by atoms with van der Waals surface area (Å²) in [7, 11) is 1.82. The Balaban J connectivity index is 1.43. The van der Waals surface area contributed by atoms with Gasteiger partial charge in [0.05, 0.1) is 12.1 Å². The minimum absolute atomic E-state index is 0.106. The van der Waals surface area contributed by atoms with Crippen molar-refractivity contribution in [1.29, 1.82) is 0 Å². The molecule has 0 spiro atoms. The summed E-state index contributed by atoms with van der Waals surface area (Å²) in [6, 6.07) is 16.8. The number of carbonyl (C=O) groups excluding carboxylic acids is 2. The van der Waals surface area contributed by atoms with E-state index in [1.807, 2.05) is 61.6 Å². The van der Waals surface area contributed by atoms with E-state index in [1.165, 1.54) is 0 Å². The van der Waals surface area contributed by atoms with Crippen LogP contribution in [0.4, 0.5) is 0 Å². The molecule has 1 N–H and O–H groups in total. The Bertz CT molecular complexity index is 1090. The number of rotatable bonds is 5. The molecule has 1 saturated carbocycles. The fourth-order valence-corrected chi connectivity index (χ4v) is 4.08. The summed E-state index contributed by atoms with van der Waals surface area (Å²) in [5.74, 6) is 0.397. The highest BCUT2D eigenvalue weighted by atomic mass is 16.5. The van der Waals surface area contributed by atoms with Crippen molar-refractivity contribution in [2.75, 3.05) is 6.54 Å². The van der Waals surface area contributed by atoms with Crippen molar-refractivity contribution >= 4 is 22.7 Å². The highest BCUT2D eigenvalue weighted by Gasteiger charge is 2.43. The van der Waals surface area contributed by atoms with Gasteiger partial charge in [0.15, 0.2) is 5.69 Å². The normalized spacial score (nSPS) is 21.0. The molecule has 154 valence electrons. The lowest BCUT2D eigenvalue weighted by Gasteiger charge is -2.22. The second-order valence-corrected chi connectivity index (χ2v) is 8.03. The van der Waals surface area contributed by atoms with Gasteiger partial charge in [-0.15, -0.1) is 0 Å². The maximum Gasteiger partial charge on any atom is 0.275 e. The van der Waals surface area contributed by atoms with E-state index in [9.17, 15) is 9.59 Å².